The molecular formula is C15H24B3IN4O8. The van der Waals surface area contributed by atoms with Crippen LogP contribution in [0.15, 0.2) is 0 Å². The molecule has 4 N–H and O–H groups in total. The van der Waals surface area contributed by atoms with Crippen molar-refractivity contribution in [1.82, 2.24) is 21.3 Å². The van der Waals surface area contributed by atoms with Crippen molar-refractivity contribution >= 4 is 70.5 Å². The average Bonchev–Trinajstić information content (AvgIpc) is 2.75. The van der Waals surface area contributed by atoms with Gasteiger partial charge >= 0.3 is 24.4 Å². The molecule has 0 aromatic rings. The first kappa shape index (κ1) is 29.0. The van der Waals surface area contributed by atoms with Gasteiger partial charge in [-0.15, -0.1) is 0 Å². The fourth-order valence-corrected chi connectivity index (χ4v) is 2.11. The fourth-order valence-electron chi connectivity index (χ4n) is 1.82. The summed E-state index contributed by atoms with van der Waals surface area (Å²) in [5, 5.41) is 9.52. The van der Waals surface area contributed by atoms with Crippen LogP contribution in [0, 0.1) is 0 Å². The molecule has 0 fully saturated rings. The van der Waals surface area contributed by atoms with Gasteiger partial charge in [0.2, 0.25) is 0 Å². The number of hydrogen-bond acceptors (Lipinski definition) is 8. The van der Waals surface area contributed by atoms with Crippen molar-refractivity contribution in [1.29, 1.82) is 0 Å². The highest BCUT2D eigenvalue weighted by molar-refractivity contribution is 14.1. The minimum Gasteiger partial charge on any atom is -0.447 e. The second kappa shape index (κ2) is 17.7. The number of alkyl carbamates (subject to hydrolysis) is 4. The number of nitrogens with one attached hydrogen (secondary N) is 4. The van der Waals surface area contributed by atoms with Crippen molar-refractivity contribution in [3.05, 3.63) is 0 Å². The highest BCUT2D eigenvalue weighted by atomic mass is 127. The van der Waals surface area contributed by atoms with E-state index in [2.05, 4.69) is 21.3 Å². The van der Waals surface area contributed by atoms with Gasteiger partial charge in [0.25, 0.3) is 0 Å². The van der Waals surface area contributed by atoms with Gasteiger partial charge < -0.3 is 40.2 Å². The zero-order chi connectivity index (χ0) is 23.5. The van der Waals surface area contributed by atoms with Gasteiger partial charge in [-0.1, -0.05) is 19.0 Å². The van der Waals surface area contributed by atoms with E-state index in [1.807, 2.05) is 0 Å². The molecule has 0 saturated heterocycles. The van der Waals surface area contributed by atoms with Gasteiger partial charge in [0.05, 0.1) is 23.5 Å². The summed E-state index contributed by atoms with van der Waals surface area (Å²) in [6, 6.07) is 0. The number of ether oxygens (including phenoxy) is 4. The first-order valence-corrected chi connectivity index (χ1v) is 10.7. The number of amides is 4. The lowest BCUT2D eigenvalue weighted by atomic mass is 10.0. The Morgan fingerprint density at radius 3 is 1.29 bits per heavy atom. The van der Waals surface area contributed by atoms with Crippen LogP contribution in [0.25, 0.3) is 0 Å². The summed E-state index contributed by atoms with van der Waals surface area (Å²) < 4.78 is 20.1. The van der Waals surface area contributed by atoms with Crippen LogP contribution in [0.3, 0.4) is 0 Å². The van der Waals surface area contributed by atoms with Gasteiger partial charge in [-0.05, 0) is 22.6 Å². The molecule has 16 heteroatoms. The Morgan fingerprint density at radius 2 is 1.00 bits per heavy atom. The Labute approximate surface area is 198 Å². The third-order valence-electron chi connectivity index (χ3n) is 3.23. The molecule has 31 heavy (non-hydrogen) atoms. The van der Waals surface area contributed by atoms with Crippen LogP contribution in [0.1, 0.15) is 0 Å². The number of carbonyl (C=O) groups excluding carboxylic acids is 4. The molecule has 0 rings (SSSR count). The molecule has 0 aromatic heterocycles. The lowest BCUT2D eigenvalue weighted by molar-refractivity contribution is 0.0137. The summed E-state index contributed by atoms with van der Waals surface area (Å²) in [4.78, 5) is 47.5. The molecule has 0 spiro atoms. The summed E-state index contributed by atoms with van der Waals surface area (Å²) in [5.41, 5.74) is -1.66. The molecule has 0 aromatic carbocycles. The molecule has 0 aliphatic rings. The van der Waals surface area contributed by atoms with Crippen molar-refractivity contribution < 1.29 is 38.1 Å². The highest BCUT2D eigenvalue weighted by Gasteiger charge is 2.38. The maximum atomic E-state index is 12.1. The first-order valence-electron chi connectivity index (χ1n) is 9.15. The van der Waals surface area contributed by atoms with Crippen LogP contribution in [-0.4, -0.2) is 97.5 Å². The predicted molar refractivity (Wildman–Crippen MR) is 121 cm³/mol. The van der Waals surface area contributed by atoms with E-state index in [-0.39, 0.29) is 43.2 Å². The monoisotopic (exact) mass is 548 g/mol. The van der Waals surface area contributed by atoms with Gasteiger partial charge in [0.15, 0.2) is 0 Å². The number of rotatable bonds is 14. The SMILES string of the molecule is [B]CCNC(=O)OCC(COC(=O)NCC[B])(COC(=O)NCC[B])NC(=O)OCI. The molecule has 4 amide bonds. The highest BCUT2D eigenvalue weighted by Crippen LogP contribution is 2.11. The van der Waals surface area contributed by atoms with Crippen LogP contribution in [0.5, 0.6) is 0 Å². The molecule has 0 aliphatic carbocycles. The lowest BCUT2D eigenvalue weighted by Gasteiger charge is -2.32. The van der Waals surface area contributed by atoms with Crippen molar-refractivity contribution in [2.24, 2.45) is 0 Å². The van der Waals surface area contributed by atoms with E-state index in [1.54, 1.807) is 22.6 Å². The fraction of sp³-hybridized carbons (Fsp3) is 0.733. The summed E-state index contributed by atoms with van der Waals surface area (Å²) in [6.45, 7) is -1.17. The minimum absolute atomic E-state index is 0.00715. The Bertz CT molecular complexity index is 517. The maximum Gasteiger partial charge on any atom is 0.408 e. The second-order valence-electron chi connectivity index (χ2n) is 5.82. The number of hydrogen-bond donors (Lipinski definition) is 4. The average molecular weight is 548 g/mol. The lowest BCUT2D eigenvalue weighted by Crippen LogP contribution is -2.60. The number of alkyl halides is 1. The summed E-state index contributed by atoms with van der Waals surface area (Å²) in [5.74, 6) is 0. The standard InChI is InChI=1S/C15H24B3IN4O8/c16-1-4-20-11(24)28-7-15(23-14(27)31-10-19,8-29-12(25)21-5-2-17)9-30-13(26)22-6-3-18/h1-10H2,(H,20,24)(H,21,25)(H,22,26)(H,23,27). The van der Waals surface area contributed by atoms with Crippen LogP contribution in [0.4, 0.5) is 19.2 Å². The molecule has 0 saturated carbocycles. The molecule has 0 aliphatic heterocycles. The molecule has 0 unspecified atom stereocenters. The third kappa shape index (κ3) is 14.6. The van der Waals surface area contributed by atoms with Crippen molar-refractivity contribution in [2.45, 2.75) is 24.5 Å². The van der Waals surface area contributed by atoms with Gasteiger partial charge in [-0.2, -0.15) is 0 Å². The quantitative estimate of drug-likeness (QED) is 0.101. The van der Waals surface area contributed by atoms with Gasteiger partial charge in [-0.3, -0.25) is 0 Å². The van der Waals surface area contributed by atoms with E-state index in [9.17, 15) is 19.2 Å². The summed E-state index contributed by atoms with van der Waals surface area (Å²) in [7, 11) is 15.9. The van der Waals surface area contributed by atoms with Crippen LogP contribution in [-0.2, 0) is 18.9 Å². The van der Waals surface area contributed by atoms with Crippen molar-refractivity contribution in [3.63, 3.8) is 0 Å². The Balaban J connectivity index is 5.39. The van der Waals surface area contributed by atoms with Crippen molar-refractivity contribution in [3.8, 4) is 0 Å². The molecule has 0 heterocycles. The topological polar surface area (TPSA) is 153 Å². The van der Waals surface area contributed by atoms with Crippen molar-refractivity contribution in [2.75, 3.05) is 44.1 Å². The van der Waals surface area contributed by atoms with E-state index in [0.717, 1.165) is 0 Å². The van der Waals surface area contributed by atoms with Crippen LogP contribution in [0.2, 0.25) is 19.0 Å². The molecule has 0 bridgehead atoms. The molecule has 12 nitrogen and oxygen atoms in total. The van der Waals surface area contributed by atoms with E-state index in [1.165, 1.54) is 0 Å². The zero-order valence-electron chi connectivity index (χ0n) is 16.9. The Kier molecular flexibility index (Phi) is 16.5. The minimum atomic E-state index is -1.66. The van der Waals surface area contributed by atoms with Gasteiger partial charge in [0.1, 0.15) is 30.0 Å². The van der Waals surface area contributed by atoms with E-state index in [4.69, 9.17) is 42.5 Å². The predicted octanol–water partition coefficient (Wildman–Crippen LogP) is -0.217. The van der Waals surface area contributed by atoms with Crippen LogP contribution >= 0.6 is 22.6 Å². The van der Waals surface area contributed by atoms with E-state index >= 15 is 0 Å². The third-order valence-corrected chi connectivity index (χ3v) is 3.54. The second-order valence-corrected chi connectivity index (χ2v) is 6.44. The zero-order valence-corrected chi connectivity index (χ0v) is 19.1. The van der Waals surface area contributed by atoms with E-state index < -0.39 is 49.7 Å². The normalized spacial score (nSPS) is 10.4. The first-order chi connectivity index (χ1) is 14.8. The van der Waals surface area contributed by atoms with Gasteiger partial charge in [-0.25, -0.2) is 19.2 Å². The molecule has 6 radical (unpaired) electrons. The summed E-state index contributed by atoms with van der Waals surface area (Å²) in [6.07, 6.45) is -2.94. The maximum absolute atomic E-state index is 12.1. The Hall–Kier alpha value is -2.00. The molecular weight excluding hydrogens is 524 g/mol. The number of carbonyl (C=O) groups is 4. The van der Waals surface area contributed by atoms with E-state index in [0.29, 0.717) is 0 Å². The smallest absolute Gasteiger partial charge is 0.408 e. The summed E-state index contributed by atoms with van der Waals surface area (Å²) >= 11 is 1.79. The van der Waals surface area contributed by atoms with Crippen LogP contribution < -0.4 is 21.3 Å². The van der Waals surface area contributed by atoms with Gasteiger partial charge in [0, 0.05) is 19.6 Å². The molecule has 168 valence electrons. The molecule has 0 atom stereocenters. The largest absolute Gasteiger partial charge is 0.447 e. The number of halogens is 1. The Morgan fingerprint density at radius 1 is 0.645 bits per heavy atom.